The lowest BCUT2D eigenvalue weighted by molar-refractivity contribution is 0.661. The average Bonchev–Trinajstić information content (AvgIpc) is 4.19. The molecule has 4 heterocycles. The highest BCUT2D eigenvalue weighted by molar-refractivity contribution is 6.19. The molecule has 6 heteroatoms. The first-order valence-electron chi connectivity index (χ1n) is 24.1. The summed E-state index contributed by atoms with van der Waals surface area (Å²) in [6.45, 7) is 14.4. The van der Waals surface area contributed by atoms with Crippen molar-refractivity contribution in [3.63, 3.8) is 0 Å². The van der Waals surface area contributed by atoms with E-state index in [2.05, 4.69) is 244 Å². The number of hydrogen-bond acceptors (Lipinski definition) is 1. The molecule has 6 nitrogen and oxygen atoms in total. The van der Waals surface area contributed by atoms with E-state index in [-0.39, 0.29) is 5.41 Å². The van der Waals surface area contributed by atoms with Gasteiger partial charge in [-0.3, -0.25) is 0 Å². The lowest BCUT2D eigenvalue weighted by atomic mass is 9.82. The van der Waals surface area contributed by atoms with Gasteiger partial charge < -0.3 is 18.3 Å². The van der Waals surface area contributed by atoms with E-state index < -0.39 is 0 Å². The van der Waals surface area contributed by atoms with Crippen LogP contribution >= 0.6 is 0 Å². The summed E-state index contributed by atoms with van der Waals surface area (Å²) in [6, 6.07) is 75.9. The lowest BCUT2D eigenvalue weighted by Crippen LogP contribution is -2.15. The summed E-state index contributed by atoms with van der Waals surface area (Å²) in [5.74, 6) is 0. The van der Waals surface area contributed by atoms with Crippen LogP contribution in [0.4, 0.5) is 5.69 Å². The van der Waals surface area contributed by atoms with Crippen LogP contribution in [0, 0.1) is 17.9 Å². The number of hydrogen-bond donors (Lipinski definition) is 0. The minimum absolute atomic E-state index is 0.301. The molecule has 0 amide bonds. The van der Waals surface area contributed by atoms with E-state index >= 15 is 0 Å². The Morgan fingerprint density at radius 2 is 0.746 bits per heavy atom. The fourth-order valence-electron chi connectivity index (χ4n) is 12.7. The third kappa shape index (κ3) is 4.98. The van der Waals surface area contributed by atoms with Gasteiger partial charge in [0.25, 0.3) is 0 Å². The van der Waals surface area contributed by atoms with E-state index in [0.717, 1.165) is 104 Å². The first-order chi connectivity index (χ1) is 35.0. The Hall–Kier alpha value is -9.62. The second-order valence-corrected chi connectivity index (χ2v) is 19.4. The van der Waals surface area contributed by atoms with E-state index in [9.17, 15) is 11.8 Å². The van der Waals surface area contributed by atoms with E-state index in [0.29, 0.717) is 28.3 Å². The van der Waals surface area contributed by atoms with Gasteiger partial charge in [0.15, 0.2) is 0 Å². The quantitative estimate of drug-likeness (QED) is 0.162. The van der Waals surface area contributed by atoms with Crippen LogP contribution in [0.5, 0.6) is 0 Å². The molecule has 4 aromatic heterocycles. The summed E-state index contributed by atoms with van der Waals surface area (Å²) in [7, 11) is 0. The van der Waals surface area contributed by atoms with Crippen LogP contribution in [-0.2, 0) is 5.41 Å². The minimum Gasteiger partial charge on any atom is -0.317 e. The maximum atomic E-state index is 12.6. The van der Waals surface area contributed by atoms with E-state index in [1.807, 2.05) is 0 Å². The summed E-state index contributed by atoms with van der Waals surface area (Å²) in [4.78, 5) is 4.80. The van der Waals surface area contributed by atoms with Gasteiger partial charge in [0.05, 0.1) is 79.0 Å². The SMILES string of the molecule is [C-]#[N+]c1c(-n2c3ccccc3c3ccccc32)c(-n2c3ccccc3c3ccccc32)c(-n2c3ccccc3c3ccccc32)c(C#N)c1-n1c2ccccc2c2ccc3c(c21)-c1ccccc1C3(C)C. The molecule has 0 aliphatic heterocycles. The Morgan fingerprint density at radius 1 is 0.380 bits per heavy atom. The molecule has 71 heavy (non-hydrogen) atoms. The molecule has 330 valence electrons. The Bertz CT molecular complexity index is 4450. The molecule has 0 bridgehead atoms. The fourth-order valence-corrected chi connectivity index (χ4v) is 12.7. The number of fused-ring (bicyclic) bond motifs is 16. The summed E-state index contributed by atoms with van der Waals surface area (Å²) >= 11 is 0. The predicted molar refractivity (Wildman–Crippen MR) is 292 cm³/mol. The first-order valence-corrected chi connectivity index (χ1v) is 24.1. The van der Waals surface area contributed by atoms with Gasteiger partial charge in [-0.25, -0.2) is 4.85 Å². The topological polar surface area (TPSA) is 47.9 Å². The van der Waals surface area contributed by atoms with Gasteiger partial charge in [0.1, 0.15) is 6.07 Å². The molecule has 0 atom stereocenters. The van der Waals surface area contributed by atoms with Gasteiger partial charge in [-0.1, -0.05) is 178 Å². The minimum atomic E-state index is -0.301. The molecule has 1 aliphatic rings. The molecule has 1 aliphatic carbocycles. The fraction of sp³-hybridized carbons (Fsp3) is 0.0462. The van der Waals surface area contributed by atoms with Crippen LogP contribution in [0.2, 0.25) is 0 Å². The van der Waals surface area contributed by atoms with Gasteiger partial charge in [0.2, 0.25) is 5.69 Å². The van der Waals surface area contributed by atoms with Crippen molar-refractivity contribution in [1.82, 2.24) is 18.3 Å². The van der Waals surface area contributed by atoms with Gasteiger partial charge >= 0.3 is 0 Å². The van der Waals surface area contributed by atoms with Crippen molar-refractivity contribution in [3.05, 3.63) is 234 Å². The van der Waals surface area contributed by atoms with Gasteiger partial charge in [-0.2, -0.15) is 5.26 Å². The standard InChI is InChI=1S/C65H40N6/c1-65(2)49-28-12-4-27-47(49)58-50(65)37-36-46-45-26-11-19-35-57(45)71(60(46)58)61-48(38-66)62(68-51-29-13-5-20-39(51)40-21-6-14-30-52(40)68)64(70-55-33-17-9-24-43(55)44-25-10-18-34-56(44)70)63(59(61)67-3)69-53-31-15-7-22-41(53)42-23-8-16-32-54(42)69/h4-37H,1-2H3. The molecule has 10 aromatic carbocycles. The van der Waals surface area contributed by atoms with Gasteiger partial charge in [-0.15, -0.1) is 0 Å². The first kappa shape index (κ1) is 39.4. The molecular formula is C65H40N6. The van der Waals surface area contributed by atoms with Crippen molar-refractivity contribution < 1.29 is 0 Å². The average molecular weight is 905 g/mol. The molecule has 15 rings (SSSR count). The molecule has 0 radical (unpaired) electrons. The van der Waals surface area contributed by atoms with Crippen LogP contribution in [0.25, 0.3) is 126 Å². The molecule has 0 unspecified atom stereocenters. The maximum absolute atomic E-state index is 12.6. The predicted octanol–water partition coefficient (Wildman–Crippen LogP) is 16.8. The molecule has 0 spiro atoms. The monoisotopic (exact) mass is 904 g/mol. The van der Waals surface area contributed by atoms with Crippen molar-refractivity contribution in [1.29, 1.82) is 5.26 Å². The smallest absolute Gasteiger partial charge is 0.237 e. The largest absolute Gasteiger partial charge is 0.317 e. The van der Waals surface area contributed by atoms with Crippen molar-refractivity contribution in [2.24, 2.45) is 0 Å². The second kappa shape index (κ2) is 14.2. The lowest BCUT2D eigenvalue weighted by Gasteiger charge is -2.27. The highest BCUT2D eigenvalue weighted by Gasteiger charge is 2.39. The zero-order valence-corrected chi connectivity index (χ0v) is 38.8. The number of nitriles is 1. The molecule has 0 N–H and O–H groups in total. The van der Waals surface area contributed by atoms with Crippen molar-refractivity contribution >= 4 is 92.9 Å². The van der Waals surface area contributed by atoms with Crippen molar-refractivity contribution in [2.45, 2.75) is 19.3 Å². The van der Waals surface area contributed by atoms with Crippen LogP contribution in [0.15, 0.2) is 206 Å². The highest BCUT2D eigenvalue weighted by atomic mass is 15.1. The summed E-state index contributed by atoms with van der Waals surface area (Å²) in [6.07, 6.45) is 0. The van der Waals surface area contributed by atoms with E-state index in [1.165, 1.54) is 11.1 Å². The third-order valence-electron chi connectivity index (χ3n) is 15.6. The zero-order chi connectivity index (χ0) is 47.3. The number of rotatable bonds is 4. The Balaban J connectivity index is 1.29. The molecule has 0 saturated heterocycles. The summed E-state index contributed by atoms with van der Waals surface area (Å²) in [5.41, 5.74) is 15.6. The van der Waals surface area contributed by atoms with Gasteiger partial charge in [-0.05, 0) is 59.2 Å². The number of nitrogens with zero attached hydrogens (tertiary/aromatic N) is 6. The van der Waals surface area contributed by atoms with Crippen molar-refractivity contribution in [3.8, 4) is 39.9 Å². The van der Waals surface area contributed by atoms with Crippen LogP contribution < -0.4 is 0 Å². The second-order valence-electron chi connectivity index (χ2n) is 19.4. The van der Waals surface area contributed by atoms with Gasteiger partial charge in [0, 0.05) is 54.1 Å². The van der Waals surface area contributed by atoms with E-state index in [1.54, 1.807) is 0 Å². The van der Waals surface area contributed by atoms with Crippen molar-refractivity contribution in [2.75, 3.05) is 0 Å². The van der Waals surface area contributed by atoms with Crippen LogP contribution in [0.1, 0.15) is 30.5 Å². The third-order valence-corrected chi connectivity index (χ3v) is 15.6. The zero-order valence-electron chi connectivity index (χ0n) is 38.8. The molecule has 0 saturated carbocycles. The Morgan fingerprint density at radius 3 is 1.18 bits per heavy atom. The molecular weight excluding hydrogens is 865 g/mol. The number of aromatic nitrogens is 4. The summed E-state index contributed by atoms with van der Waals surface area (Å²) < 4.78 is 9.26. The normalized spacial score (nSPS) is 13.0. The number of benzene rings is 10. The Kier molecular flexibility index (Phi) is 7.88. The summed E-state index contributed by atoms with van der Waals surface area (Å²) in [5, 5.41) is 21.1. The molecule has 14 aromatic rings. The Labute approximate surface area is 408 Å². The number of para-hydroxylation sites is 7. The highest BCUT2D eigenvalue weighted by Crippen LogP contribution is 2.56. The maximum Gasteiger partial charge on any atom is 0.237 e. The molecule has 0 fully saturated rings. The van der Waals surface area contributed by atoms with E-state index in [4.69, 9.17) is 4.85 Å². The van der Waals surface area contributed by atoms with Crippen LogP contribution in [-0.4, -0.2) is 18.3 Å². The van der Waals surface area contributed by atoms with Crippen LogP contribution in [0.3, 0.4) is 0 Å².